The van der Waals surface area contributed by atoms with Crippen LogP contribution in [0.25, 0.3) is 22.3 Å². The average Bonchev–Trinajstić information content (AvgIpc) is 3.61. The van der Waals surface area contributed by atoms with Crippen molar-refractivity contribution >= 4 is 16.9 Å². The Balaban J connectivity index is 1.40. The number of aromatic nitrogens is 3. The maximum atomic E-state index is 14.0. The number of fused-ring (bicyclic) bond motifs is 2. The van der Waals surface area contributed by atoms with Crippen molar-refractivity contribution in [2.75, 3.05) is 6.61 Å². The number of carbonyl (C=O) groups is 1. The van der Waals surface area contributed by atoms with Gasteiger partial charge in [0.25, 0.3) is 5.91 Å². The van der Waals surface area contributed by atoms with Gasteiger partial charge in [-0.2, -0.15) is 0 Å². The van der Waals surface area contributed by atoms with Gasteiger partial charge in [0.2, 0.25) is 0 Å². The van der Waals surface area contributed by atoms with E-state index < -0.39 is 0 Å². The van der Waals surface area contributed by atoms with E-state index in [-0.39, 0.29) is 5.91 Å². The Kier molecular flexibility index (Phi) is 5.52. The minimum absolute atomic E-state index is 0.0728. The van der Waals surface area contributed by atoms with Gasteiger partial charge >= 0.3 is 0 Å². The number of rotatable bonds is 6. The fraction of sp³-hybridized carbons (Fsp3) is 0.207. The Morgan fingerprint density at radius 3 is 2.67 bits per heavy atom. The molecule has 3 heterocycles. The van der Waals surface area contributed by atoms with Gasteiger partial charge in [0.1, 0.15) is 23.0 Å². The topological polar surface area (TPSA) is 73.4 Å². The van der Waals surface area contributed by atoms with E-state index in [2.05, 4.69) is 5.16 Å². The second-order valence-electron chi connectivity index (χ2n) is 9.09. The van der Waals surface area contributed by atoms with Crippen LogP contribution in [0.5, 0.6) is 5.75 Å². The fourth-order valence-corrected chi connectivity index (χ4v) is 4.80. The molecule has 0 spiro atoms. The van der Waals surface area contributed by atoms with Gasteiger partial charge in [-0.3, -0.25) is 4.79 Å². The van der Waals surface area contributed by atoms with E-state index in [0.29, 0.717) is 31.0 Å². The van der Waals surface area contributed by atoms with E-state index in [4.69, 9.17) is 14.2 Å². The Morgan fingerprint density at radius 1 is 1.03 bits per heavy atom. The fourth-order valence-electron chi connectivity index (χ4n) is 4.80. The maximum Gasteiger partial charge on any atom is 0.254 e. The van der Waals surface area contributed by atoms with Gasteiger partial charge in [-0.25, -0.2) is 4.98 Å². The number of aryl methyl sites for hydroxylation is 2. The van der Waals surface area contributed by atoms with Gasteiger partial charge in [-0.15, -0.1) is 0 Å². The molecule has 1 amide bonds. The smallest absolute Gasteiger partial charge is 0.254 e. The lowest BCUT2D eigenvalue weighted by atomic mass is 10.0. The normalized spacial score (nSPS) is 12.5. The molecule has 1 aliphatic rings. The first-order valence-corrected chi connectivity index (χ1v) is 12.0. The Labute approximate surface area is 208 Å². The molecule has 7 heteroatoms. The maximum absolute atomic E-state index is 14.0. The number of hydrogen-bond donors (Lipinski definition) is 0. The number of nitrogens with zero attached hydrogens (tertiary/aromatic N) is 4. The summed E-state index contributed by atoms with van der Waals surface area (Å²) in [5, 5.41) is 4.33. The van der Waals surface area contributed by atoms with E-state index >= 15 is 0 Å². The number of carbonyl (C=O) groups excluding carboxylic acids is 1. The van der Waals surface area contributed by atoms with Crippen LogP contribution in [0.4, 0.5) is 0 Å². The summed E-state index contributed by atoms with van der Waals surface area (Å²) >= 11 is 0. The Bertz CT molecular complexity index is 1570. The van der Waals surface area contributed by atoms with Gasteiger partial charge in [-0.05, 0) is 42.8 Å². The van der Waals surface area contributed by atoms with Crippen molar-refractivity contribution in [2.45, 2.75) is 26.4 Å². The lowest BCUT2D eigenvalue weighted by Crippen LogP contribution is -2.31. The van der Waals surface area contributed by atoms with Crippen molar-refractivity contribution in [2.24, 2.45) is 7.05 Å². The number of amides is 1. The van der Waals surface area contributed by atoms with Crippen LogP contribution in [-0.4, -0.2) is 32.1 Å². The van der Waals surface area contributed by atoms with Crippen LogP contribution in [0.3, 0.4) is 0 Å². The predicted molar refractivity (Wildman–Crippen MR) is 137 cm³/mol. The molecule has 0 bridgehead atoms. The molecule has 2 aromatic heterocycles. The number of imidazole rings is 1. The van der Waals surface area contributed by atoms with E-state index in [1.807, 2.05) is 96.2 Å². The summed E-state index contributed by atoms with van der Waals surface area (Å²) < 4.78 is 13.3. The average molecular weight is 479 g/mol. The van der Waals surface area contributed by atoms with Gasteiger partial charge in [0, 0.05) is 30.2 Å². The van der Waals surface area contributed by atoms with Crippen molar-refractivity contribution in [3.05, 3.63) is 101 Å². The number of hydrogen-bond acceptors (Lipinski definition) is 5. The molecule has 6 rings (SSSR count). The first kappa shape index (κ1) is 22.1. The molecular formula is C29H26N4O3. The first-order valence-electron chi connectivity index (χ1n) is 12.0. The zero-order chi connectivity index (χ0) is 24.6. The molecule has 5 aromatic rings. The molecule has 0 atom stereocenters. The largest absolute Gasteiger partial charge is 0.493 e. The molecule has 0 N–H and O–H groups in total. The lowest BCUT2D eigenvalue weighted by Gasteiger charge is -2.23. The molecule has 3 aromatic carbocycles. The molecule has 0 saturated heterocycles. The molecular weight excluding hydrogens is 452 g/mol. The summed E-state index contributed by atoms with van der Waals surface area (Å²) in [5.74, 6) is 2.29. The highest BCUT2D eigenvalue weighted by molar-refractivity contribution is 5.94. The predicted octanol–water partition coefficient (Wildman–Crippen LogP) is 5.31. The van der Waals surface area contributed by atoms with E-state index in [1.54, 1.807) is 0 Å². The zero-order valence-corrected chi connectivity index (χ0v) is 20.3. The third-order valence-corrected chi connectivity index (χ3v) is 6.82. The van der Waals surface area contributed by atoms with E-state index in [9.17, 15) is 4.79 Å². The highest BCUT2D eigenvalue weighted by Gasteiger charge is 2.25. The van der Waals surface area contributed by atoms with Crippen molar-refractivity contribution < 1.29 is 14.1 Å². The Morgan fingerprint density at radius 2 is 1.83 bits per heavy atom. The molecule has 180 valence electrons. The van der Waals surface area contributed by atoms with Crippen LogP contribution in [0.15, 0.2) is 77.3 Å². The van der Waals surface area contributed by atoms with E-state index in [1.165, 1.54) is 0 Å². The summed E-state index contributed by atoms with van der Waals surface area (Å²) in [5.41, 5.74) is 6.22. The first-order chi connectivity index (χ1) is 17.6. The summed E-state index contributed by atoms with van der Waals surface area (Å²) in [7, 11) is 1.99. The summed E-state index contributed by atoms with van der Waals surface area (Å²) in [4.78, 5) is 20.6. The highest BCUT2D eigenvalue weighted by Crippen LogP contribution is 2.30. The van der Waals surface area contributed by atoms with Crippen LogP contribution in [0, 0.1) is 6.92 Å². The standard InChI is InChI=1S/C29H26N4O3/c1-19-23(28(31-36-19)20-8-4-3-5-9-20)17-33(18-27-30-24-10-6-7-11-25(24)32(27)2)29(34)22-12-13-26-21(16-22)14-15-35-26/h3-13,16H,14-15,17-18H2,1-2H3. The lowest BCUT2D eigenvalue weighted by molar-refractivity contribution is 0.0724. The molecule has 1 aliphatic heterocycles. The third-order valence-electron chi connectivity index (χ3n) is 6.82. The van der Waals surface area contributed by atoms with Crippen LogP contribution in [0.2, 0.25) is 0 Å². The monoisotopic (exact) mass is 478 g/mol. The van der Waals surface area contributed by atoms with Crippen LogP contribution >= 0.6 is 0 Å². The zero-order valence-electron chi connectivity index (χ0n) is 20.3. The number of para-hydroxylation sites is 2. The molecule has 0 radical (unpaired) electrons. The summed E-state index contributed by atoms with van der Waals surface area (Å²) in [6, 6.07) is 23.6. The molecule has 36 heavy (non-hydrogen) atoms. The van der Waals surface area contributed by atoms with Gasteiger partial charge in [0.15, 0.2) is 0 Å². The molecule has 0 unspecified atom stereocenters. The SMILES string of the molecule is Cc1onc(-c2ccccc2)c1CN(Cc1nc2ccccc2n1C)C(=O)c1ccc2c(c1)CCO2. The van der Waals surface area contributed by atoms with Gasteiger partial charge < -0.3 is 18.7 Å². The minimum atomic E-state index is -0.0728. The second kappa shape index (κ2) is 9.00. The minimum Gasteiger partial charge on any atom is -0.493 e. The molecule has 7 nitrogen and oxygen atoms in total. The van der Waals surface area contributed by atoms with Crippen molar-refractivity contribution in [1.82, 2.24) is 19.6 Å². The number of ether oxygens (including phenoxy) is 1. The van der Waals surface area contributed by atoms with Crippen molar-refractivity contribution in [3.63, 3.8) is 0 Å². The molecule has 0 fully saturated rings. The van der Waals surface area contributed by atoms with Crippen molar-refractivity contribution in [1.29, 1.82) is 0 Å². The van der Waals surface area contributed by atoms with Crippen LogP contribution in [0.1, 0.15) is 33.1 Å². The molecule has 0 saturated carbocycles. The van der Waals surface area contributed by atoms with Gasteiger partial charge in [-0.1, -0.05) is 47.6 Å². The van der Waals surface area contributed by atoms with Crippen LogP contribution < -0.4 is 4.74 Å². The quantitative estimate of drug-likeness (QED) is 0.331. The highest BCUT2D eigenvalue weighted by atomic mass is 16.5. The molecule has 0 aliphatic carbocycles. The number of benzene rings is 3. The van der Waals surface area contributed by atoms with E-state index in [0.717, 1.165) is 51.4 Å². The van der Waals surface area contributed by atoms with Crippen molar-refractivity contribution in [3.8, 4) is 17.0 Å². The summed E-state index contributed by atoms with van der Waals surface area (Å²) in [6.07, 6.45) is 0.810. The second-order valence-corrected chi connectivity index (χ2v) is 9.09. The third kappa shape index (κ3) is 3.92. The van der Waals surface area contributed by atoms with Crippen LogP contribution in [-0.2, 0) is 26.6 Å². The van der Waals surface area contributed by atoms with Gasteiger partial charge in [0.05, 0.1) is 30.7 Å². The Hall–Kier alpha value is -4.39. The summed E-state index contributed by atoms with van der Waals surface area (Å²) in [6.45, 7) is 3.22.